The zero-order chi connectivity index (χ0) is 15.2. The van der Waals surface area contributed by atoms with E-state index in [-0.39, 0.29) is 5.82 Å². The van der Waals surface area contributed by atoms with Gasteiger partial charge in [0, 0.05) is 18.7 Å². The molecule has 21 heavy (non-hydrogen) atoms. The largest absolute Gasteiger partial charge is 0.370 e. The molecular weight excluding hydrogens is 267 g/mol. The second-order valence-corrected chi connectivity index (χ2v) is 4.89. The lowest BCUT2D eigenvalue weighted by atomic mass is 10.1. The van der Waals surface area contributed by atoms with Gasteiger partial charge < -0.3 is 10.6 Å². The standard InChI is InChI=1S/C16H21FN4/c1-4-18-15-11(2)16(21-12(3)20-15)19-10-9-13-7-5-6-8-14(13)17/h5-8H,4,9-10H2,1-3H3,(H2,18,19,20,21). The third-order valence-electron chi connectivity index (χ3n) is 3.25. The van der Waals surface area contributed by atoms with Gasteiger partial charge in [-0.25, -0.2) is 14.4 Å². The summed E-state index contributed by atoms with van der Waals surface area (Å²) in [5.74, 6) is 2.20. The minimum absolute atomic E-state index is 0.164. The summed E-state index contributed by atoms with van der Waals surface area (Å²) in [5, 5.41) is 6.49. The molecule has 0 atom stereocenters. The van der Waals surface area contributed by atoms with E-state index >= 15 is 0 Å². The van der Waals surface area contributed by atoms with Gasteiger partial charge in [0.2, 0.25) is 0 Å². The number of hydrogen-bond donors (Lipinski definition) is 2. The van der Waals surface area contributed by atoms with Crippen molar-refractivity contribution in [2.24, 2.45) is 0 Å². The van der Waals surface area contributed by atoms with Crippen LogP contribution in [0.15, 0.2) is 24.3 Å². The van der Waals surface area contributed by atoms with Gasteiger partial charge in [-0.2, -0.15) is 0 Å². The van der Waals surface area contributed by atoms with E-state index in [0.29, 0.717) is 24.4 Å². The first kappa shape index (κ1) is 15.2. The highest BCUT2D eigenvalue weighted by Gasteiger charge is 2.08. The van der Waals surface area contributed by atoms with Crippen molar-refractivity contribution >= 4 is 11.6 Å². The molecule has 0 saturated heterocycles. The first-order chi connectivity index (χ1) is 10.1. The van der Waals surface area contributed by atoms with Crippen molar-refractivity contribution in [2.75, 3.05) is 23.7 Å². The van der Waals surface area contributed by atoms with Crippen molar-refractivity contribution in [2.45, 2.75) is 27.2 Å². The van der Waals surface area contributed by atoms with E-state index in [0.717, 1.165) is 23.7 Å². The Labute approximate surface area is 124 Å². The Hall–Kier alpha value is -2.17. The Morgan fingerprint density at radius 3 is 2.38 bits per heavy atom. The van der Waals surface area contributed by atoms with Gasteiger partial charge in [-0.05, 0) is 38.8 Å². The van der Waals surface area contributed by atoms with Crippen LogP contribution >= 0.6 is 0 Å². The Morgan fingerprint density at radius 1 is 1.05 bits per heavy atom. The van der Waals surface area contributed by atoms with E-state index in [1.165, 1.54) is 6.07 Å². The Morgan fingerprint density at radius 2 is 1.71 bits per heavy atom. The lowest BCUT2D eigenvalue weighted by molar-refractivity contribution is 0.610. The summed E-state index contributed by atoms with van der Waals surface area (Å²) >= 11 is 0. The quantitative estimate of drug-likeness (QED) is 0.856. The van der Waals surface area contributed by atoms with Crippen LogP contribution in [-0.4, -0.2) is 23.1 Å². The maximum atomic E-state index is 13.6. The third-order valence-corrected chi connectivity index (χ3v) is 3.25. The lowest BCUT2D eigenvalue weighted by Crippen LogP contribution is -2.12. The van der Waals surface area contributed by atoms with E-state index in [1.807, 2.05) is 26.8 Å². The fourth-order valence-corrected chi connectivity index (χ4v) is 2.16. The molecule has 0 spiro atoms. The van der Waals surface area contributed by atoms with Crippen molar-refractivity contribution in [1.29, 1.82) is 0 Å². The highest BCUT2D eigenvalue weighted by Crippen LogP contribution is 2.19. The smallest absolute Gasteiger partial charge is 0.134 e. The van der Waals surface area contributed by atoms with Crippen LogP contribution in [-0.2, 0) is 6.42 Å². The maximum absolute atomic E-state index is 13.6. The van der Waals surface area contributed by atoms with Crippen molar-refractivity contribution < 1.29 is 4.39 Å². The van der Waals surface area contributed by atoms with E-state index < -0.39 is 0 Å². The molecule has 0 fully saturated rings. The highest BCUT2D eigenvalue weighted by molar-refractivity contribution is 5.57. The molecule has 2 rings (SSSR count). The summed E-state index contributed by atoms with van der Waals surface area (Å²) in [6.45, 7) is 7.31. The molecule has 4 nitrogen and oxygen atoms in total. The zero-order valence-corrected chi connectivity index (χ0v) is 12.7. The van der Waals surface area contributed by atoms with Gasteiger partial charge in [0.15, 0.2) is 0 Å². The fraction of sp³-hybridized carbons (Fsp3) is 0.375. The van der Waals surface area contributed by atoms with Gasteiger partial charge in [0.25, 0.3) is 0 Å². The summed E-state index contributed by atoms with van der Waals surface area (Å²) in [6.07, 6.45) is 0.617. The Balaban J connectivity index is 2.05. The molecule has 0 amide bonds. The molecule has 5 heteroatoms. The number of nitrogens with zero attached hydrogens (tertiary/aromatic N) is 2. The molecule has 2 N–H and O–H groups in total. The van der Waals surface area contributed by atoms with Crippen molar-refractivity contribution in [1.82, 2.24) is 9.97 Å². The molecule has 112 valence electrons. The maximum Gasteiger partial charge on any atom is 0.134 e. The number of hydrogen-bond acceptors (Lipinski definition) is 4. The second-order valence-electron chi connectivity index (χ2n) is 4.89. The van der Waals surface area contributed by atoms with Crippen molar-refractivity contribution in [3.63, 3.8) is 0 Å². The third kappa shape index (κ3) is 3.90. The van der Waals surface area contributed by atoms with Gasteiger partial charge >= 0.3 is 0 Å². The van der Waals surface area contributed by atoms with Crippen LogP contribution in [0.25, 0.3) is 0 Å². The molecule has 1 heterocycles. The van der Waals surface area contributed by atoms with Crippen molar-refractivity contribution in [3.8, 4) is 0 Å². The summed E-state index contributed by atoms with van der Waals surface area (Å²) < 4.78 is 13.6. The summed E-state index contributed by atoms with van der Waals surface area (Å²) in [6, 6.07) is 6.84. The average molecular weight is 288 g/mol. The highest BCUT2D eigenvalue weighted by atomic mass is 19.1. The van der Waals surface area contributed by atoms with Crippen molar-refractivity contribution in [3.05, 3.63) is 47.0 Å². The second kappa shape index (κ2) is 7.02. The van der Waals surface area contributed by atoms with E-state index in [2.05, 4.69) is 20.6 Å². The van der Waals surface area contributed by atoms with Crippen LogP contribution in [0.4, 0.5) is 16.0 Å². The molecule has 0 aliphatic rings. The molecule has 0 aliphatic carbocycles. The monoisotopic (exact) mass is 288 g/mol. The number of rotatable bonds is 6. The molecule has 1 aromatic heterocycles. The minimum Gasteiger partial charge on any atom is -0.370 e. The summed E-state index contributed by atoms with van der Waals surface area (Å²) in [5.41, 5.74) is 1.69. The van der Waals surface area contributed by atoms with E-state index in [9.17, 15) is 4.39 Å². The van der Waals surface area contributed by atoms with Crippen LogP contribution in [0.5, 0.6) is 0 Å². The molecular formula is C16H21FN4. The molecule has 0 aliphatic heterocycles. The SMILES string of the molecule is CCNc1nc(C)nc(NCCc2ccccc2F)c1C. The van der Waals surface area contributed by atoms with Crippen LogP contribution in [0, 0.1) is 19.7 Å². The number of benzene rings is 1. The lowest BCUT2D eigenvalue weighted by Gasteiger charge is -2.13. The number of halogens is 1. The first-order valence-electron chi connectivity index (χ1n) is 7.18. The fourth-order valence-electron chi connectivity index (χ4n) is 2.16. The Kier molecular flexibility index (Phi) is 5.09. The Bertz CT molecular complexity index is 613. The number of anilines is 2. The van der Waals surface area contributed by atoms with Gasteiger partial charge in [0.1, 0.15) is 23.3 Å². The summed E-state index contributed by atoms with van der Waals surface area (Å²) in [4.78, 5) is 8.79. The average Bonchev–Trinajstić information content (AvgIpc) is 2.46. The normalized spacial score (nSPS) is 10.5. The van der Waals surface area contributed by atoms with Gasteiger partial charge in [-0.15, -0.1) is 0 Å². The first-order valence-corrected chi connectivity index (χ1v) is 7.18. The summed E-state index contributed by atoms with van der Waals surface area (Å²) in [7, 11) is 0. The molecule has 2 aromatic rings. The predicted molar refractivity (Wildman–Crippen MR) is 84.3 cm³/mol. The minimum atomic E-state index is -0.164. The van der Waals surface area contributed by atoms with Crippen LogP contribution in [0.2, 0.25) is 0 Å². The van der Waals surface area contributed by atoms with Crippen LogP contribution < -0.4 is 10.6 Å². The van der Waals surface area contributed by atoms with E-state index in [1.54, 1.807) is 12.1 Å². The van der Waals surface area contributed by atoms with Crippen LogP contribution in [0.3, 0.4) is 0 Å². The van der Waals surface area contributed by atoms with Gasteiger partial charge in [-0.3, -0.25) is 0 Å². The number of aromatic nitrogens is 2. The molecule has 0 radical (unpaired) electrons. The number of nitrogens with one attached hydrogen (secondary N) is 2. The van der Waals surface area contributed by atoms with Gasteiger partial charge in [0.05, 0.1) is 0 Å². The molecule has 0 bridgehead atoms. The molecule has 0 unspecified atom stereocenters. The zero-order valence-electron chi connectivity index (χ0n) is 12.7. The number of aryl methyl sites for hydroxylation is 1. The van der Waals surface area contributed by atoms with E-state index in [4.69, 9.17) is 0 Å². The molecule has 0 saturated carbocycles. The topological polar surface area (TPSA) is 49.8 Å². The molecule has 1 aromatic carbocycles. The predicted octanol–water partition coefficient (Wildman–Crippen LogP) is 3.32. The van der Waals surface area contributed by atoms with Crippen LogP contribution in [0.1, 0.15) is 23.9 Å². The van der Waals surface area contributed by atoms with Gasteiger partial charge in [-0.1, -0.05) is 18.2 Å².